The molecule has 0 saturated heterocycles. The van der Waals surface area contributed by atoms with Crippen molar-refractivity contribution in [3.63, 3.8) is 0 Å². The quantitative estimate of drug-likeness (QED) is 0.378. The van der Waals surface area contributed by atoms with E-state index in [1.54, 1.807) is 40.8 Å². The summed E-state index contributed by atoms with van der Waals surface area (Å²) in [5, 5.41) is 8.81. The molecule has 9 heteroatoms. The molecule has 0 atom stereocenters. The van der Waals surface area contributed by atoms with Crippen LogP contribution >= 0.6 is 34.7 Å². The van der Waals surface area contributed by atoms with Crippen LogP contribution in [0.2, 0.25) is 4.34 Å². The molecule has 0 bridgehead atoms. The van der Waals surface area contributed by atoms with E-state index in [2.05, 4.69) is 16.8 Å². The number of hydrogen-bond acceptors (Lipinski definition) is 5. The Morgan fingerprint density at radius 3 is 2.82 bits per heavy atom. The Labute approximate surface area is 175 Å². The van der Waals surface area contributed by atoms with Gasteiger partial charge in [0.05, 0.1) is 22.2 Å². The Balaban J connectivity index is 1.71. The molecule has 28 heavy (non-hydrogen) atoms. The van der Waals surface area contributed by atoms with Crippen molar-refractivity contribution >= 4 is 40.6 Å². The Bertz CT molecular complexity index is 988. The number of nitrogens with zero attached hydrogens (tertiary/aromatic N) is 4. The number of carbonyl (C=O) groups excluding carboxylic acids is 1. The number of rotatable bonds is 8. The second-order valence-corrected chi connectivity index (χ2v) is 8.67. The molecule has 0 N–H and O–H groups in total. The maximum atomic E-state index is 14.2. The molecule has 3 aromatic rings. The first-order valence-electron chi connectivity index (χ1n) is 8.39. The molecular weight excluding hydrogens is 419 g/mol. The van der Waals surface area contributed by atoms with Crippen LogP contribution in [-0.2, 0) is 17.9 Å². The zero-order chi connectivity index (χ0) is 20.1. The smallest absolute Gasteiger partial charge is 0.233 e. The van der Waals surface area contributed by atoms with Gasteiger partial charge in [-0.15, -0.1) is 28.1 Å². The SMILES string of the molecule is C=CCn1c(SCC(=O)N(C)Cc2ccc(Cl)s2)nnc1-c1ccccc1F. The van der Waals surface area contributed by atoms with Gasteiger partial charge in [0.15, 0.2) is 11.0 Å². The molecule has 0 spiro atoms. The Kier molecular flexibility index (Phi) is 6.88. The molecule has 0 unspecified atom stereocenters. The third kappa shape index (κ3) is 4.81. The van der Waals surface area contributed by atoms with Gasteiger partial charge in [-0.25, -0.2) is 4.39 Å². The monoisotopic (exact) mass is 436 g/mol. The van der Waals surface area contributed by atoms with E-state index >= 15 is 0 Å². The fourth-order valence-corrected chi connectivity index (χ4v) is 4.56. The fourth-order valence-electron chi connectivity index (χ4n) is 2.53. The van der Waals surface area contributed by atoms with E-state index in [1.807, 2.05) is 12.1 Å². The third-order valence-corrected chi connectivity index (χ3v) is 6.08. The molecule has 0 aliphatic rings. The topological polar surface area (TPSA) is 51.0 Å². The van der Waals surface area contributed by atoms with Crippen molar-refractivity contribution in [1.29, 1.82) is 0 Å². The lowest BCUT2D eigenvalue weighted by Gasteiger charge is -2.16. The van der Waals surface area contributed by atoms with Crippen LogP contribution in [0.4, 0.5) is 4.39 Å². The largest absolute Gasteiger partial charge is 0.340 e. The number of hydrogen-bond donors (Lipinski definition) is 0. The summed E-state index contributed by atoms with van der Waals surface area (Å²) in [7, 11) is 1.75. The number of amides is 1. The van der Waals surface area contributed by atoms with Crippen molar-refractivity contribution in [2.24, 2.45) is 0 Å². The van der Waals surface area contributed by atoms with Crippen molar-refractivity contribution in [3.8, 4) is 11.4 Å². The van der Waals surface area contributed by atoms with Crippen molar-refractivity contribution in [1.82, 2.24) is 19.7 Å². The molecule has 1 aromatic carbocycles. The van der Waals surface area contributed by atoms with Crippen molar-refractivity contribution in [2.45, 2.75) is 18.2 Å². The van der Waals surface area contributed by atoms with Crippen LogP contribution in [0.25, 0.3) is 11.4 Å². The third-order valence-electron chi connectivity index (χ3n) is 3.92. The van der Waals surface area contributed by atoms with Gasteiger partial charge in [0.1, 0.15) is 5.82 Å². The van der Waals surface area contributed by atoms with Gasteiger partial charge < -0.3 is 4.90 Å². The van der Waals surface area contributed by atoms with Crippen LogP contribution in [0.3, 0.4) is 0 Å². The average molecular weight is 437 g/mol. The predicted molar refractivity (Wildman–Crippen MR) is 112 cm³/mol. The highest BCUT2D eigenvalue weighted by molar-refractivity contribution is 7.99. The molecule has 0 radical (unpaired) electrons. The molecule has 3 rings (SSSR count). The van der Waals surface area contributed by atoms with Crippen LogP contribution in [0.5, 0.6) is 0 Å². The van der Waals surface area contributed by atoms with Crippen LogP contribution < -0.4 is 0 Å². The lowest BCUT2D eigenvalue weighted by molar-refractivity contribution is -0.127. The van der Waals surface area contributed by atoms with Gasteiger partial charge in [-0.3, -0.25) is 9.36 Å². The summed E-state index contributed by atoms with van der Waals surface area (Å²) in [5.74, 6) is 0.189. The summed E-state index contributed by atoms with van der Waals surface area (Å²) < 4.78 is 16.6. The van der Waals surface area contributed by atoms with E-state index in [0.717, 1.165) is 4.88 Å². The first-order valence-corrected chi connectivity index (χ1v) is 10.6. The maximum Gasteiger partial charge on any atom is 0.233 e. The zero-order valence-electron chi connectivity index (χ0n) is 15.1. The molecule has 2 heterocycles. The highest BCUT2D eigenvalue weighted by Crippen LogP contribution is 2.27. The highest BCUT2D eigenvalue weighted by atomic mass is 35.5. The Morgan fingerprint density at radius 2 is 2.14 bits per heavy atom. The summed E-state index contributed by atoms with van der Waals surface area (Å²) >= 11 is 8.65. The van der Waals surface area contributed by atoms with Crippen LogP contribution in [0.15, 0.2) is 54.2 Å². The minimum Gasteiger partial charge on any atom is -0.340 e. The number of halogens is 2. The standard InChI is InChI=1S/C19H18ClFN4OS2/c1-3-10-25-18(14-6-4-5-7-15(14)21)22-23-19(25)27-12-17(26)24(2)11-13-8-9-16(20)28-13/h3-9H,1,10-12H2,2H3. The van der Waals surface area contributed by atoms with E-state index in [0.29, 0.717) is 34.0 Å². The van der Waals surface area contributed by atoms with Crippen LogP contribution in [0.1, 0.15) is 4.88 Å². The van der Waals surface area contributed by atoms with Gasteiger partial charge in [0, 0.05) is 18.5 Å². The van der Waals surface area contributed by atoms with Gasteiger partial charge in [0.2, 0.25) is 5.91 Å². The number of allylic oxidation sites excluding steroid dienone is 1. The summed E-state index contributed by atoms with van der Waals surface area (Å²) in [6.45, 7) is 4.65. The van der Waals surface area contributed by atoms with Crippen molar-refractivity contribution in [2.75, 3.05) is 12.8 Å². The van der Waals surface area contributed by atoms with Gasteiger partial charge in [0.25, 0.3) is 0 Å². The molecule has 0 saturated carbocycles. The molecule has 0 fully saturated rings. The maximum absolute atomic E-state index is 14.2. The average Bonchev–Trinajstić information content (AvgIpc) is 3.26. The lowest BCUT2D eigenvalue weighted by Crippen LogP contribution is -2.27. The number of carbonyl (C=O) groups is 1. The Hall–Kier alpha value is -2.16. The van der Waals surface area contributed by atoms with Crippen LogP contribution in [-0.4, -0.2) is 38.4 Å². The van der Waals surface area contributed by atoms with E-state index < -0.39 is 0 Å². The predicted octanol–water partition coefficient (Wildman–Crippen LogP) is 4.74. The van der Waals surface area contributed by atoms with Crippen molar-refractivity contribution in [3.05, 3.63) is 64.1 Å². The normalized spacial score (nSPS) is 10.8. The lowest BCUT2D eigenvalue weighted by atomic mass is 10.2. The summed E-state index contributed by atoms with van der Waals surface area (Å²) in [4.78, 5) is 15.1. The zero-order valence-corrected chi connectivity index (χ0v) is 17.5. The van der Waals surface area contributed by atoms with Gasteiger partial charge in [-0.2, -0.15) is 0 Å². The Morgan fingerprint density at radius 1 is 1.36 bits per heavy atom. The van der Waals surface area contributed by atoms with Gasteiger partial charge in [-0.05, 0) is 24.3 Å². The molecule has 0 aliphatic carbocycles. The van der Waals surface area contributed by atoms with Crippen molar-refractivity contribution < 1.29 is 9.18 Å². The van der Waals surface area contributed by atoms with E-state index in [-0.39, 0.29) is 17.5 Å². The van der Waals surface area contributed by atoms with Crippen LogP contribution in [0, 0.1) is 5.82 Å². The minimum absolute atomic E-state index is 0.0462. The highest BCUT2D eigenvalue weighted by Gasteiger charge is 2.18. The molecule has 5 nitrogen and oxygen atoms in total. The second kappa shape index (κ2) is 9.36. The van der Waals surface area contributed by atoms with Gasteiger partial charge in [-0.1, -0.05) is 41.6 Å². The van der Waals surface area contributed by atoms with E-state index in [4.69, 9.17) is 11.6 Å². The van der Waals surface area contributed by atoms with E-state index in [9.17, 15) is 9.18 Å². The molecular formula is C19H18ClFN4OS2. The first-order chi connectivity index (χ1) is 13.5. The van der Waals surface area contributed by atoms with E-state index in [1.165, 1.54) is 29.2 Å². The number of thioether (sulfide) groups is 1. The summed E-state index contributed by atoms with van der Waals surface area (Å²) in [6, 6.07) is 10.1. The van der Waals surface area contributed by atoms with Gasteiger partial charge >= 0.3 is 0 Å². The molecule has 1 amide bonds. The number of thiophene rings is 1. The number of benzene rings is 1. The fraction of sp³-hybridized carbons (Fsp3) is 0.211. The minimum atomic E-state index is -0.373. The summed E-state index contributed by atoms with van der Waals surface area (Å²) in [6.07, 6.45) is 1.69. The first kappa shape index (κ1) is 20.6. The molecule has 146 valence electrons. The molecule has 0 aliphatic heterocycles. The number of aromatic nitrogens is 3. The summed E-state index contributed by atoms with van der Waals surface area (Å²) in [5.41, 5.74) is 0.363. The molecule has 2 aromatic heterocycles. The second-order valence-electron chi connectivity index (χ2n) is 5.93.